The molecule has 20 heavy (non-hydrogen) atoms. The third-order valence-corrected chi connectivity index (χ3v) is 3.04. The Kier molecular flexibility index (Phi) is 6.18. The summed E-state index contributed by atoms with van der Waals surface area (Å²) in [6, 6.07) is 8.95. The molecule has 5 heteroatoms. The van der Waals surface area contributed by atoms with E-state index >= 15 is 0 Å². The summed E-state index contributed by atoms with van der Waals surface area (Å²) in [6.07, 6.45) is 0. The van der Waals surface area contributed by atoms with E-state index in [9.17, 15) is 9.59 Å². The van der Waals surface area contributed by atoms with Crippen molar-refractivity contribution < 1.29 is 14.7 Å². The van der Waals surface area contributed by atoms with Crippen molar-refractivity contribution in [2.45, 2.75) is 6.92 Å². The van der Waals surface area contributed by atoms with Crippen LogP contribution in [0.4, 0.5) is 0 Å². The van der Waals surface area contributed by atoms with Gasteiger partial charge in [0.25, 0.3) is 5.91 Å². The number of amides is 1. The Morgan fingerprint density at radius 1 is 1.15 bits per heavy atom. The molecule has 0 bridgehead atoms. The molecule has 0 aromatic heterocycles. The topological polar surface area (TPSA) is 60.9 Å². The number of carbonyl (C=O) groups excluding carboxylic acids is 1. The molecule has 1 aromatic carbocycles. The van der Waals surface area contributed by atoms with Crippen LogP contribution in [0.25, 0.3) is 0 Å². The molecule has 0 radical (unpaired) electrons. The lowest BCUT2D eigenvalue weighted by atomic mass is 10.1. The molecule has 1 aromatic rings. The monoisotopic (exact) mass is 278 g/mol. The summed E-state index contributed by atoms with van der Waals surface area (Å²) in [4.78, 5) is 27.0. The maximum atomic E-state index is 12.4. The van der Waals surface area contributed by atoms with Crippen LogP contribution in [0.5, 0.6) is 0 Å². The Morgan fingerprint density at radius 2 is 1.75 bits per heavy atom. The van der Waals surface area contributed by atoms with Crippen molar-refractivity contribution in [2.75, 3.05) is 33.7 Å². The first kappa shape index (κ1) is 16.2. The number of nitrogens with zero attached hydrogens (tertiary/aromatic N) is 2. The second-order valence-corrected chi connectivity index (χ2v) is 5.16. The van der Waals surface area contributed by atoms with Gasteiger partial charge in [-0.2, -0.15) is 0 Å². The minimum absolute atomic E-state index is 0.124. The SMILES string of the molecule is CC(CN(CCN(C)C)C(=O)c1ccccc1)C(=O)O. The van der Waals surface area contributed by atoms with E-state index in [2.05, 4.69) is 0 Å². The Balaban J connectivity index is 2.80. The molecule has 1 unspecified atom stereocenters. The molecule has 0 aliphatic rings. The highest BCUT2D eigenvalue weighted by Gasteiger charge is 2.21. The normalized spacial score (nSPS) is 12.2. The van der Waals surface area contributed by atoms with E-state index in [-0.39, 0.29) is 12.5 Å². The summed E-state index contributed by atoms with van der Waals surface area (Å²) in [7, 11) is 3.84. The predicted molar refractivity (Wildman–Crippen MR) is 77.7 cm³/mol. The van der Waals surface area contributed by atoms with Crippen molar-refractivity contribution in [2.24, 2.45) is 5.92 Å². The molecule has 0 spiro atoms. The molecule has 0 aliphatic heterocycles. The Morgan fingerprint density at radius 3 is 2.25 bits per heavy atom. The molecule has 0 heterocycles. The molecular formula is C15H22N2O3. The van der Waals surface area contributed by atoms with Gasteiger partial charge in [-0.3, -0.25) is 9.59 Å². The maximum Gasteiger partial charge on any atom is 0.308 e. The van der Waals surface area contributed by atoms with Crippen molar-refractivity contribution in [1.29, 1.82) is 0 Å². The third-order valence-electron chi connectivity index (χ3n) is 3.04. The second kappa shape index (κ2) is 7.65. The predicted octanol–water partition coefficient (Wildman–Crippen LogP) is 1.41. The summed E-state index contributed by atoms with van der Waals surface area (Å²) in [5.74, 6) is -1.59. The van der Waals surface area contributed by atoms with Crippen LogP contribution in [0.2, 0.25) is 0 Å². The number of carboxylic acid groups (broad SMARTS) is 1. The maximum absolute atomic E-state index is 12.4. The number of carboxylic acids is 1. The van der Waals surface area contributed by atoms with Crippen LogP contribution in [0.1, 0.15) is 17.3 Å². The van der Waals surface area contributed by atoms with Gasteiger partial charge in [0.05, 0.1) is 5.92 Å². The van der Waals surface area contributed by atoms with Gasteiger partial charge in [0.2, 0.25) is 0 Å². The molecular weight excluding hydrogens is 256 g/mol. The molecule has 1 rings (SSSR count). The van der Waals surface area contributed by atoms with Crippen LogP contribution >= 0.6 is 0 Å². The van der Waals surface area contributed by atoms with Gasteiger partial charge in [0.1, 0.15) is 0 Å². The first-order valence-electron chi connectivity index (χ1n) is 6.63. The number of aliphatic carboxylic acids is 1. The van der Waals surface area contributed by atoms with E-state index in [1.807, 2.05) is 25.1 Å². The van der Waals surface area contributed by atoms with Crippen LogP contribution in [-0.2, 0) is 4.79 Å². The van der Waals surface area contributed by atoms with Gasteiger partial charge in [-0.15, -0.1) is 0 Å². The Hall–Kier alpha value is -1.88. The van der Waals surface area contributed by atoms with Gasteiger partial charge >= 0.3 is 5.97 Å². The fourth-order valence-electron chi connectivity index (χ4n) is 1.77. The Bertz CT molecular complexity index is 446. The zero-order chi connectivity index (χ0) is 15.1. The number of hydrogen-bond acceptors (Lipinski definition) is 3. The first-order valence-corrected chi connectivity index (χ1v) is 6.63. The number of rotatable bonds is 7. The van der Waals surface area contributed by atoms with Gasteiger partial charge in [-0.05, 0) is 26.2 Å². The number of carbonyl (C=O) groups is 2. The van der Waals surface area contributed by atoms with Gasteiger partial charge in [-0.1, -0.05) is 25.1 Å². The van der Waals surface area contributed by atoms with E-state index in [1.165, 1.54) is 0 Å². The summed E-state index contributed by atoms with van der Waals surface area (Å²) in [6.45, 7) is 3.05. The standard InChI is InChI=1S/C15H22N2O3/c1-12(15(19)20)11-17(10-9-16(2)3)14(18)13-7-5-4-6-8-13/h4-8,12H,9-11H2,1-3H3,(H,19,20). The van der Waals surface area contributed by atoms with E-state index in [1.54, 1.807) is 36.1 Å². The summed E-state index contributed by atoms with van der Waals surface area (Å²) < 4.78 is 0. The number of likely N-dealkylation sites (N-methyl/N-ethyl adjacent to an activating group) is 1. The quantitative estimate of drug-likeness (QED) is 0.819. The van der Waals surface area contributed by atoms with Gasteiger partial charge < -0.3 is 14.9 Å². The molecule has 0 saturated carbocycles. The average Bonchev–Trinajstić information content (AvgIpc) is 2.43. The highest BCUT2D eigenvalue weighted by Crippen LogP contribution is 2.08. The van der Waals surface area contributed by atoms with Crippen molar-refractivity contribution >= 4 is 11.9 Å². The molecule has 1 atom stereocenters. The second-order valence-electron chi connectivity index (χ2n) is 5.16. The highest BCUT2D eigenvalue weighted by atomic mass is 16.4. The molecule has 110 valence electrons. The lowest BCUT2D eigenvalue weighted by Crippen LogP contribution is -2.40. The first-order chi connectivity index (χ1) is 9.41. The van der Waals surface area contributed by atoms with Gasteiger partial charge in [-0.25, -0.2) is 0 Å². The largest absolute Gasteiger partial charge is 0.481 e. The third kappa shape index (κ3) is 5.01. The van der Waals surface area contributed by atoms with E-state index in [0.29, 0.717) is 18.7 Å². The van der Waals surface area contributed by atoms with Crippen LogP contribution < -0.4 is 0 Å². The van der Waals surface area contributed by atoms with Crippen LogP contribution in [0, 0.1) is 5.92 Å². The fourth-order valence-corrected chi connectivity index (χ4v) is 1.77. The molecule has 0 fully saturated rings. The summed E-state index contributed by atoms with van der Waals surface area (Å²) >= 11 is 0. The zero-order valence-electron chi connectivity index (χ0n) is 12.2. The lowest BCUT2D eigenvalue weighted by Gasteiger charge is -2.26. The molecule has 0 saturated heterocycles. The molecule has 0 aliphatic carbocycles. The van der Waals surface area contributed by atoms with Crippen molar-refractivity contribution in [3.63, 3.8) is 0 Å². The van der Waals surface area contributed by atoms with Crippen molar-refractivity contribution in [1.82, 2.24) is 9.80 Å². The van der Waals surface area contributed by atoms with Crippen molar-refractivity contribution in [3.8, 4) is 0 Å². The number of hydrogen-bond donors (Lipinski definition) is 1. The smallest absolute Gasteiger partial charge is 0.308 e. The van der Waals surface area contributed by atoms with Gasteiger partial charge in [0.15, 0.2) is 0 Å². The van der Waals surface area contributed by atoms with Gasteiger partial charge in [0, 0.05) is 25.2 Å². The van der Waals surface area contributed by atoms with E-state index in [0.717, 1.165) is 0 Å². The van der Waals surface area contributed by atoms with Crippen molar-refractivity contribution in [3.05, 3.63) is 35.9 Å². The number of benzene rings is 1. The minimum atomic E-state index is -0.888. The van der Waals surface area contributed by atoms with E-state index in [4.69, 9.17) is 5.11 Å². The van der Waals surface area contributed by atoms with E-state index < -0.39 is 11.9 Å². The zero-order valence-corrected chi connectivity index (χ0v) is 12.2. The molecule has 5 nitrogen and oxygen atoms in total. The Labute approximate surface area is 119 Å². The highest BCUT2D eigenvalue weighted by molar-refractivity contribution is 5.94. The summed E-state index contributed by atoms with van der Waals surface area (Å²) in [5, 5.41) is 9.01. The van der Waals surface area contributed by atoms with Crippen LogP contribution in [0.3, 0.4) is 0 Å². The van der Waals surface area contributed by atoms with Crippen LogP contribution in [0.15, 0.2) is 30.3 Å². The molecule has 1 amide bonds. The fraction of sp³-hybridized carbons (Fsp3) is 0.467. The van der Waals surface area contributed by atoms with Crippen LogP contribution in [-0.4, -0.2) is 60.5 Å². The lowest BCUT2D eigenvalue weighted by molar-refractivity contribution is -0.141. The summed E-state index contributed by atoms with van der Waals surface area (Å²) in [5.41, 5.74) is 0.587. The molecule has 1 N–H and O–H groups in total. The average molecular weight is 278 g/mol. The minimum Gasteiger partial charge on any atom is -0.481 e.